The Morgan fingerprint density at radius 3 is 2.22 bits per heavy atom. The number of amides is 1. The number of carbonyl (C=O) groups excluding carboxylic acids is 1. The summed E-state index contributed by atoms with van der Waals surface area (Å²) in [7, 11) is 0. The average Bonchev–Trinajstić information content (AvgIpc) is 1.90. The number of hydrogen-bond donors (Lipinski definition) is 1. The molecule has 4 heteroatoms. The summed E-state index contributed by atoms with van der Waals surface area (Å²) < 4.78 is 0. The third-order valence-corrected chi connectivity index (χ3v) is 1.25. The van der Waals surface area contributed by atoms with E-state index in [1.807, 2.05) is 6.41 Å². The van der Waals surface area contributed by atoms with Gasteiger partial charge in [0.1, 0.15) is 0 Å². The van der Waals surface area contributed by atoms with Crippen LogP contribution in [0.3, 0.4) is 0 Å². The number of nitrogens with one attached hydrogen (secondary N) is 1. The molecule has 0 radical (unpaired) electrons. The van der Waals surface area contributed by atoms with Crippen LogP contribution in [0.15, 0.2) is 0 Å². The Morgan fingerprint density at radius 2 is 1.89 bits per heavy atom. The molecule has 1 saturated heterocycles. The van der Waals surface area contributed by atoms with Gasteiger partial charge in [0.15, 0.2) is 0 Å². The summed E-state index contributed by atoms with van der Waals surface area (Å²) >= 11 is 0. The summed E-state index contributed by atoms with van der Waals surface area (Å²) in [5.41, 5.74) is 0. The quantitative estimate of drug-likeness (QED) is 0.627. The molecule has 1 amide bonds. The van der Waals surface area contributed by atoms with Gasteiger partial charge in [-0.3, -0.25) is 0 Å². The van der Waals surface area contributed by atoms with Crippen LogP contribution >= 0.6 is 0 Å². The van der Waals surface area contributed by atoms with Crippen molar-refractivity contribution in [1.82, 2.24) is 10.2 Å². The Bertz CT molecular complexity index is 83.0. The van der Waals surface area contributed by atoms with Gasteiger partial charge in [-0.1, -0.05) is 0 Å². The molecule has 9 heavy (non-hydrogen) atoms. The molecule has 0 bridgehead atoms. The maximum Gasteiger partial charge on any atom is 0.0103 e. The molecule has 0 atom stereocenters. The average molecular weight is 297 g/mol. The van der Waals surface area contributed by atoms with Gasteiger partial charge in [-0.05, 0) is 0 Å². The maximum atomic E-state index is 9.93. The van der Waals surface area contributed by atoms with Gasteiger partial charge in [0, 0.05) is 47.2 Å². The third-order valence-electron chi connectivity index (χ3n) is 1.25. The summed E-state index contributed by atoms with van der Waals surface area (Å²) in [5, 5.41) is 3.13. The van der Waals surface area contributed by atoms with Crippen molar-refractivity contribution in [3.8, 4) is 0 Å². The molecule has 0 unspecified atom stereocenters. The molecule has 0 aromatic rings. The monoisotopic (exact) mass is 297 g/mol. The first kappa shape index (κ1) is 9.12. The third kappa shape index (κ3) is 2.97. The second-order valence-corrected chi connectivity index (χ2v) is 1.83. The van der Waals surface area contributed by atoms with Gasteiger partial charge < -0.3 is 15.0 Å². The summed E-state index contributed by atoms with van der Waals surface area (Å²) in [6, 6.07) is 0. The minimum atomic E-state index is 0. The molecule has 0 aromatic carbocycles. The van der Waals surface area contributed by atoms with E-state index in [-0.39, 0.29) is 21.1 Å². The fraction of sp³-hybridized carbons (Fsp3) is 0.800. The Labute approximate surface area is 69.1 Å². The van der Waals surface area contributed by atoms with Gasteiger partial charge in [-0.15, -0.1) is 0 Å². The van der Waals surface area contributed by atoms with E-state index >= 15 is 0 Å². The first-order valence-electron chi connectivity index (χ1n) is 2.77. The molecule has 1 heterocycles. The van der Waals surface area contributed by atoms with Gasteiger partial charge in [0.2, 0.25) is 0 Å². The van der Waals surface area contributed by atoms with Crippen molar-refractivity contribution in [3.63, 3.8) is 0 Å². The van der Waals surface area contributed by atoms with Crippen molar-refractivity contribution in [2.45, 2.75) is 0 Å². The van der Waals surface area contributed by atoms with Gasteiger partial charge in [0.25, 0.3) is 0 Å². The second kappa shape index (κ2) is 4.95. The smallest absolute Gasteiger partial charge is 0.0103 e. The van der Waals surface area contributed by atoms with E-state index in [0.717, 1.165) is 26.2 Å². The van der Waals surface area contributed by atoms with E-state index < -0.39 is 0 Å². The molecule has 52 valence electrons. The zero-order valence-electron chi connectivity index (χ0n) is 5.09. The van der Waals surface area contributed by atoms with Crippen molar-refractivity contribution < 1.29 is 25.9 Å². The summed E-state index contributed by atoms with van der Waals surface area (Å²) in [4.78, 5) is 11.6. The van der Waals surface area contributed by atoms with Crippen LogP contribution in [-0.2, 0) is 25.9 Å². The standard InChI is InChI=1S/C5H9N2O.W/c8-5-7-3-1-6-2-4-7;/h6H,1-4H2;/q-1;. The molecule has 0 aromatic heterocycles. The van der Waals surface area contributed by atoms with E-state index in [4.69, 9.17) is 0 Å². The Hall–Kier alpha value is 0.118. The van der Waals surface area contributed by atoms with Crippen molar-refractivity contribution in [2.75, 3.05) is 26.2 Å². The molecule has 0 saturated carbocycles. The first-order chi connectivity index (χ1) is 3.93. The van der Waals surface area contributed by atoms with E-state index in [2.05, 4.69) is 5.32 Å². The summed E-state index contributed by atoms with van der Waals surface area (Å²) in [5.74, 6) is 0. The zero-order chi connectivity index (χ0) is 5.82. The molecule has 1 aliphatic rings. The fourth-order valence-corrected chi connectivity index (χ4v) is 0.756. The Kier molecular flexibility index (Phi) is 5.01. The van der Waals surface area contributed by atoms with E-state index in [0.29, 0.717) is 0 Å². The van der Waals surface area contributed by atoms with E-state index in [1.165, 1.54) is 0 Å². The minimum Gasteiger partial charge on any atom is -0.520 e. The molecule has 1 fully saturated rings. The van der Waals surface area contributed by atoms with Gasteiger partial charge in [-0.25, -0.2) is 0 Å². The molecule has 3 nitrogen and oxygen atoms in total. The zero-order valence-corrected chi connectivity index (χ0v) is 8.03. The van der Waals surface area contributed by atoms with Crippen LogP contribution in [-0.4, -0.2) is 37.5 Å². The largest absolute Gasteiger partial charge is 0.520 e. The first-order valence-corrected chi connectivity index (χ1v) is 2.77. The molecule has 1 rings (SSSR count). The van der Waals surface area contributed by atoms with Crippen LogP contribution in [0.2, 0.25) is 0 Å². The van der Waals surface area contributed by atoms with Crippen LogP contribution in [0.1, 0.15) is 0 Å². The van der Waals surface area contributed by atoms with Crippen LogP contribution in [0, 0.1) is 0 Å². The normalized spacial score (nSPS) is 18.4. The summed E-state index contributed by atoms with van der Waals surface area (Å²) in [6.07, 6.45) is 1.85. The van der Waals surface area contributed by atoms with Gasteiger partial charge >= 0.3 is 0 Å². The van der Waals surface area contributed by atoms with Gasteiger partial charge in [-0.2, -0.15) is 6.41 Å². The summed E-state index contributed by atoms with van der Waals surface area (Å²) in [6.45, 7) is 3.44. The number of hydrogen-bond acceptors (Lipinski definition) is 2. The molecular weight excluding hydrogens is 288 g/mol. The van der Waals surface area contributed by atoms with Crippen LogP contribution in [0.4, 0.5) is 0 Å². The Morgan fingerprint density at radius 1 is 1.33 bits per heavy atom. The predicted octanol–water partition coefficient (Wildman–Crippen LogP) is -1.04. The molecule has 1 aliphatic heterocycles. The van der Waals surface area contributed by atoms with Crippen LogP contribution in [0.5, 0.6) is 0 Å². The second-order valence-electron chi connectivity index (χ2n) is 1.83. The number of rotatable bonds is 1. The maximum absolute atomic E-state index is 9.93. The van der Waals surface area contributed by atoms with Gasteiger partial charge in [0.05, 0.1) is 0 Å². The van der Waals surface area contributed by atoms with Crippen molar-refractivity contribution in [3.05, 3.63) is 0 Å². The van der Waals surface area contributed by atoms with Crippen molar-refractivity contribution in [1.29, 1.82) is 0 Å². The number of piperazine rings is 1. The van der Waals surface area contributed by atoms with Crippen molar-refractivity contribution >= 4 is 6.41 Å². The number of nitrogens with zero attached hydrogens (tertiary/aromatic N) is 1. The predicted molar refractivity (Wildman–Crippen MR) is 30.1 cm³/mol. The molecule has 0 spiro atoms. The SMILES string of the molecule is O=[C-]N1CCNCC1.[W]. The van der Waals surface area contributed by atoms with E-state index in [9.17, 15) is 4.79 Å². The molecular formula is C5H9N2OW-. The molecule has 0 aliphatic carbocycles. The fourth-order valence-electron chi connectivity index (χ4n) is 0.756. The van der Waals surface area contributed by atoms with E-state index in [1.54, 1.807) is 4.90 Å². The van der Waals surface area contributed by atoms with Crippen LogP contribution in [0.25, 0.3) is 0 Å². The van der Waals surface area contributed by atoms with Crippen molar-refractivity contribution in [2.24, 2.45) is 0 Å². The Balaban J connectivity index is 0.000000640. The molecule has 1 N–H and O–H groups in total. The van der Waals surface area contributed by atoms with Crippen LogP contribution < -0.4 is 5.32 Å². The topological polar surface area (TPSA) is 32.3 Å². The minimum absolute atomic E-state index is 0.